The maximum atomic E-state index is 12.7. The second kappa shape index (κ2) is 5.33. The average molecular weight is 300 g/mol. The predicted octanol–water partition coefficient (Wildman–Crippen LogP) is 3.04. The number of amides is 1. The number of nitrogen functional groups attached to an aromatic ring is 1. The van der Waals surface area contributed by atoms with Gasteiger partial charge in [-0.1, -0.05) is 6.07 Å². The summed E-state index contributed by atoms with van der Waals surface area (Å²) in [6, 6.07) is 10.7. The van der Waals surface area contributed by atoms with Gasteiger partial charge in [-0.15, -0.1) is 11.8 Å². The molecule has 0 saturated heterocycles. The van der Waals surface area contributed by atoms with Crippen LogP contribution in [0.15, 0.2) is 41.3 Å². The predicted molar refractivity (Wildman–Crippen MR) is 86.1 cm³/mol. The Bertz CT molecular complexity index is 715. The molecule has 108 valence electrons. The lowest BCUT2D eigenvalue weighted by Crippen LogP contribution is -2.35. The highest BCUT2D eigenvalue weighted by Crippen LogP contribution is 2.37. The summed E-state index contributed by atoms with van der Waals surface area (Å²) in [5.74, 6) is 0.651. The number of hydrogen-bond acceptors (Lipinski definition) is 4. The zero-order chi connectivity index (χ0) is 15.0. The Morgan fingerprint density at radius 1 is 1.29 bits per heavy atom. The van der Waals surface area contributed by atoms with Crippen LogP contribution in [0.5, 0.6) is 5.75 Å². The number of nitrogens with two attached hydrogens (primary N) is 1. The lowest BCUT2D eigenvalue weighted by Gasteiger charge is -2.29. The van der Waals surface area contributed by atoms with E-state index < -0.39 is 0 Å². The van der Waals surface area contributed by atoms with Crippen LogP contribution >= 0.6 is 11.8 Å². The van der Waals surface area contributed by atoms with E-state index in [1.54, 1.807) is 28.8 Å². The van der Waals surface area contributed by atoms with Crippen LogP contribution in [0.3, 0.4) is 0 Å². The van der Waals surface area contributed by atoms with Gasteiger partial charge in [0, 0.05) is 22.9 Å². The smallest absolute Gasteiger partial charge is 0.262 e. The fourth-order valence-corrected chi connectivity index (χ4v) is 3.39. The van der Waals surface area contributed by atoms with Crippen LogP contribution in [0, 0.1) is 6.92 Å². The van der Waals surface area contributed by atoms with Crippen molar-refractivity contribution < 1.29 is 9.90 Å². The lowest BCUT2D eigenvalue weighted by molar-refractivity contribution is 0.0985. The molecular weight excluding hydrogens is 284 g/mol. The number of phenolic OH excluding ortho intramolecular Hbond substituents is 1. The topological polar surface area (TPSA) is 66.6 Å². The summed E-state index contributed by atoms with van der Waals surface area (Å²) in [6.07, 6.45) is 0. The molecule has 1 aliphatic heterocycles. The Morgan fingerprint density at radius 2 is 2.10 bits per heavy atom. The molecule has 5 heteroatoms. The van der Waals surface area contributed by atoms with Crippen LogP contribution in [-0.4, -0.2) is 23.3 Å². The van der Waals surface area contributed by atoms with Crippen LogP contribution < -0.4 is 10.6 Å². The van der Waals surface area contributed by atoms with Gasteiger partial charge < -0.3 is 15.7 Å². The molecule has 3 N–H and O–H groups in total. The molecule has 1 aliphatic rings. The van der Waals surface area contributed by atoms with E-state index in [0.29, 0.717) is 17.8 Å². The first-order valence-corrected chi connectivity index (χ1v) is 7.68. The molecule has 0 aliphatic carbocycles. The third-order valence-corrected chi connectivity index (χ3v) is 4.52. The molecule has 3 rings (SSSR count). The number of hydrogen-bond donors (Lipinski definition) is 2. The molecule has 0 bridgehead atoms. The summed E-state index contributed by atoms with van der Waals surface area (Å²) in [4.78, 5) is 15.4. The van der Waals surface area contributed by atoms with Crippen LogP contribution in [0.4, 0.5) is 11.4 Å². The van der Waals surface area contributed by atoms with Gasteiger partial charge in [-0.25, -0.2) is 0 Å². The number of carbonyl (C=O) groups is 1. The highest BCUT2D eigenvalue weighted by Gasteiger charge is 2.25. The van der Waals surface area contributed by atoms with Crippen molar-refractivity contribution in [2.24, 2.45) is 0 Å². The second-order valence-electron chi connectivity index (χ2n) is 5.05. The van der Waals surface area contributed by atoms with Gasteiger partial charge in [-0.3, -0.25) is 4.79 Å². The standard InChI is InChI=1S/C16H16N2O2S/c1-10-2-4-12(14(19)8-10)16(20)18-6-7-21-15-5-3-11(17)9-13(15)18/h2-5,8-9,19H,6-7,17H2,1H3. The number of aromatic hydroxyl groups is 1. The minimum atomic E-state index is -0.195. The van der Waals surface area contributed by atoms with E-state index in [-0.39, 0.29) is 11.7 Å². The number of phenols is 1. The number of thioether (sulfide) groups is 1. The maximum Gasteiger partial charge on any atom is 0.262 e. The van der Waals surface area contributed by atoms with Gasteiger partial charge in [0.25, 0.3) is 5.91 Å². The Hall–Kier alpha value is -2.14. The number of aryl methyl sites for hydroxylation is 1. The van der Waals surface area contributed by atoms with Crippen molar-refractivity contribution in [3.05, 3.63) is 47.5 Å². The normalized spacial score (nSPS) is 13.9. The quantitative estimate of drug-likeness (QED) is 0.794. The maximum absolute atomic E-state index is 12.7. The monoisotopic (exact) mass is 300 g/mol. The molecule has 0 saturated carbocycles. The molecule has 0 fully saturated rings. The zero-order valence-corrected chi connectivity index (χ0v) is 12.5. The molecule has 0 unspecified atom stereocenters. The first-order chi connectivity index (χ1) is 10.1. The van der Waals surface area contributed by atoms with Crippen LogP contribution in [-0.2, 0) is 0 Å². The highest BCUT2D eigenvalue weighted by atomic mass is 32.2. The van der Waals surface area contributed by atoms with Gasteiger partial charge in [0.2, 0.25) is 0 Å². The van der Waals surface area contributed by atoms with Gasteiger partial charge in [0.15, 0.2) is 0 Å². The van der Waals surface area contributed by atoms with Gasteiger partial charge in [-0.2, -0.15) is 0 Å². The van der Waals surface area contributed by atoms with Crippen LogP contribution in [0.25, 0.3) is 0 Å². The molecular formula is C16H16N2O2S. The second-order valence-corrected chi connectivity index (χ2v) is 6.19. The number of carbonyl (C=O) groups excluding carboxylic acids is 1. The number of benzene rings is 2. The van der Waals surface area contributed by atoms with Crippen molar-refractivity contribution in [2.75, 3.05) is 22.9 Å². The molecule has 0 aromatic heterocycles. The first-order valence-electron chi connectivity index (χ1n) is 6.70. The molecule has 2 aromatic carbocycles. The van der Waals surface area contributed by atoms with E-state index in [0.717, 1.165) is 21.9 Å². The SMILES string of the molecule is Cc1ccc(C(=O)N2CCSc3ccc(N)cc32)c(O)c1. The van der Waals surface area contributed by atoms with Crippen molar-refractivity contribution in [1.29, 1.82) is 0 Å². The van der Waals surface area contributed by atoms with Crippen molar-refractivity contribution in [2.45, 2.75) is 11.8 Å². The molecule has 21 heavy (non-hydrogen) atoms. The largest absolute Gasteiger partial charge is 0.507 e. The van der Waals surface area contributed by atoms with E-state index in [1.807, 2.05) is 31.2 Å². The number of anilines is 2. The minimum absolute atomic E-state index is 0.0173. The summed E-state index contributed by atoms with van der Waals surface area (Å²) >= 11 is 1.71. The van der Waals surface area contributed by atoms with Gasteiger partial charge in [0.1, 0.15) is 5.75 Å². The zero-order valence-electron chi connectivity index (χ0n) is 11.7. The molecule has 1 amide bonds. The van der Waals surface area contributed by atoms with Crippen molar-refractivity contribution in [3.63, 3.8) is 0 Å². The van der Waals surface area contributed by atoms with Gasteiger partial charge >= 0.3 is 0 Å². The average Bonchev–Trinajstić information content (AvgIpc) is 2.46. The van der Waals surface area contributed by atoms with Crippen LogP contribution in [0.1, 0.15) is 15.9 Å². The molecule has 4 nitrogen and oxygen atoms in total. The third kappa shape index (κ3) is 2.56. The minimum Gasteiger partial charge on any atom is -0.507 e. The summed E-state index contributed by atoms with van der Waals surface area (Å²) in [5.41, 5.74) is 8.52. The van der Waals surface area contributed by atoms with Crippen molar-refractivity contribution in [1.82, 2.24) is 0 Å². The van der Waals surface area contributed by atoms with Crippen molar-refractivity contribution in [3.8, 4) is 5.75 Å². The first kappa shape index (κ1) is 13.8. The van der Waals surface area contributed by atoms with Crippen LogP contribution in [0.2, 0.25) is 0 Å². The van der Waals surface area contributed by atoms with E-state index in [4.69, 9.17) is 5.73 Å². The molecule has 1 heterocycles. The van der Waals surface area contributed by atoms with E-state index in [2.05, 4.69) is 0 Å². The van der Waals surface area contributed by atoms with E-state index in [1.165, 1.54) is 0 Å². The highest BCUT2D eigenvalue weighted by molar-refractivity contribution is 7.99. The Kier molecular flexibility index (Phi) is 3.51. The fourth-order valence-electron chi connectivity index (χ4n) is 2.41. The van der Waals surface area contributed by atoms with Gasteiger partial charge in [-0.05, 0) is 42.8 Å². The third-order valence-electron chi connectivity index (χ3n) is 3.48. The van der Waals surface area contributed by atoms with E-state index in [9.17, 15) is 9.90 Å². The molecule has 0 radical (unpaired) electrons. The Balaban J connectivity index is 2.02. The van der Waals surface area contributed by atoms with Gasteiger partial charge in [0.05, 0.1) is 11.3 Å². The molecule has 0 atom stereocenters. The Morgan fingerprint density at radius 3 is 2.86 bits per heavy atom. The summed E-state index contributed by atoms with van der Waals surface area (Å²) in [5, 5.41) is 10.0. The fraction of sp³-hybridized carbons (Fsp3) is 0.188. The molecule has 2 aromatic rings. The Labute approximate surface area is 127 Å². The van der Waals surface area contributed by atoms with E-state index >= 15 is 0 Å². The molecule has 0 spiro atoms. The number of rotatable bonds is 1. The number of fused-ring (bicyclic) bond motifs is 1. The summed E-state index contributed by atoms with van der Waals surface area (Å²) in [6.45, 7) is 2.48. The van der Waals surface area contributed by atoms with Crippen molar-refractivity contribution >= 4 is 29.0 Å². The number of nitrogens with zero attached hydrogens (tertiary/aromatic N) is 1. The summed E-state index contributed by atoms with van der Waals surface area (Å²) in [7, 11) is 0. The lowest BCUT2D eigenvalue weighted by atomic mass is 10.1. The summed E-state index contributed by atoms with van der Waals surface area (Å²) < 4.78 is 0.